The molecule has 0 N–H and O–H groups in total. The molecule has 1 aliphatic carbocycles. The number of rotatable bonds is 6. The number of amides is 1. The van der Waals surface area contributed by atoms with E-state index in [1.165, 1.54) is 31.2 Å². The molecule has 1 amide bonds. The van der Waals surface area contributed by atoms with E-state index in [0.29, 0.717) is 25.2 Å². The van der Waals surface area contributed by atoms with Gasteiger partial charge in [0.2, 0.25) is 0 Å². The first-order valence-electron chi connectivity index (χ1n) is 11.5. The molecular formula is C25H31N5O. The maximum Gasteiger partial charge on any atom is 0.272 e. The molecule has 2 aliphatic heterocycles. The van der Waals surface area contributed by atoms with Crippen molar-refractivity contribution in [1.82, 2.24) is 19.6 Å². The molecule has 1 aromatic carbocycles. The Morgan fingerprint density at radius 3 is 2.58 bits per heavy atom. The molecule has 2 saturated heterocycles. The molecule has 3 heterocycles. The van der Waals surface area contributed by atoms with Crippen LogP contribution in [0.15, 0.2) is 42.6 Å². The molecule has 6 heteroatoms. The molecule has 162 valence electrons. The zero-order chi connectivity index (χ0) is 21.4. The van der Waals surface area contributed by atoms with E-state index in [-0.39, 0.29) is 11.4 Å². The van der Waals surface area contributed by atoms with Crippen molar-refractivity contribution in [3.8, 4) is 6.07 Å². The van der Waals surface area contributed by atoms with Gasteiger partial charge in [-0.3, -0.25) is 14.4 Å². The molecule has 1 saturated carbocycles. The highest BCUT2D eigenvalue weighted by molar-refractivity contribution is 5.93. The lowest BCUT2D eigenvalue weighted by atomic mass is 9.81. The van der Waals surface area contributed by atoms with E-state index in [0.717, 1.165) is 30.8 Å². The molecule has 1 unspecified atom stereocenters. The Morgan fingerprint density at radius 1 is 1.19 bits per heavy atom. The van der Waals surface area contributed by atoms with Gasteiger partial charge in [-0.15, -0.1) is 0 Å². The Balaban J connectivity index is 1.14. The fourth-order valence-electron chi connectivity index (χ4n) is 5.81. The summed E-state index contributed by atoms with van der Waals surface area (Å²) in [5.41, 5.74) is 1.95. The van der Waals surface area contributed by atoms with Gasteiger partial charge in [0.15, 0.2) is 0 Å². The first-order chi connectivity index (χ1) is 15.1. The van der Waals surface area contributed by atoms with Gasteiger partial charge in [-0.05, 0) is 68.2 Å². The van der Waals surface area contributed by atoms with E-state index in [2.05, 4.69) is 46.4 Å². The van der Waals surface area contributed by atoms with Crippen LogP contribution in [0.25, 0.3) is 0 Å². The van der Waals surface area contributed by atoms with Crippen LogP contribution in [0.1, 0.15) is 54.1 Å². The van der Waals surface area contributed by atoms with E-state index in [4.69, 9.17) is 0 Å². The van der Waals surface area contributed by atoms with Gasteiger partial charge < -0.3 is 4.90 Å². The summed E-state index contributed by atoms with van der Waals surface area (Å²) in [6, 6.07) is 15.1. The number of likely N-dealkylation sites (tertiary alicyclic amines) is 2. The molecule has 5 rings (SSSR count). The fourth-order valence-corrected chi connectivity index (χ4v) is 5.81. The van der Waals surface area contributed by atoms with E-state index in [1.54, 1.807) is 24.0 Å². The van der Waals surface area contributed by atoms with E-state index < -0.39 is 0 Å². The van der Waals surface area contributed by atoms with Crippen molar-refractivity contribution in [1.29, 1.82) is 5.26 Å². The second kappa shape index (κ2) is 8.12. The molecular weight excluding hydrogens is 386 g/mol. The molecule has 31 heavy (non-hydrogen) atoms. The van der Waals surface area contributed by atoms with Crippen molar-refractivity contribution in [2.75, 3.05) is 26.2 Å². The fraction of sp³-hybridized carbons (Fsp3) is 0.560. The first kappa shape index (κ1) is 20.3. The minimum Gasteiger partial charge on any atom is -0.333 e. The monoisotopic (exact) mass is 417 g/mol. The Bertz CT molecular complexity index is 963. The smallest absolute Gasteiger partial charge is 0.272 e. The van der Waals surface area contributed by atoms with Crippen LogP contribution in [0, 0.1) is 23.2 Å². The minimum atomic E-state index is -0.167. The summed E-state index contributed by atoms with van der Waals surface area (Å²) in [4.78, 5) is 17.1. The molecule has 6 nitrogen and oxygen atoms in total. The van der Waals surface area contributed by atoms with E-state index in [9.17, 15) is 10.1 Å². The molecule has 2 aromatic rings. The quantitative estimate of drug-likeness (QED) is 0.722. The van der Waals surface area contributed by atoms with Gasteiger partial charge in [0.25, 0.3) is 5.91 Å². The van der Waals surface area contributed by atoms with Crippen LogP contribution in [0.2, 0.25) is 0 Å². The lowest BCUT2D eigenvalue weighted by Crippen LogP contribution is -2.72. The Labute approximate surface area is 184 Å². The summed E-state index contributed by atoms with van der Waals surface area (Å²) in [5.74, 6) is 2.43. The maximum absolute atomic E-state index is 12.8. The molecule has 2 atom stereocenters. The standard InChI is InChI=1S/C25H31N5O/c1-28-23(7-12-27-28)24(31)29-17-25(18-29,10-11-26)30-13-8-19(9-14-30)15-21-16-22(21)20-5-3-2-4-6-20/h2-7,12,19,21-22H,8-10,13-18H2,1H3/t21-,22?/m1/s1. The van der Waals surface area contributed by atoms with Crippen LogP contribution >= 0.6 is 0 Å². The average Bonchev–Trinajstić information content (AvgIpc) is 3.40. The lowest BCUT2D eigenvalue weighted by molar-refractivity contribution is -0.0534. The second-order valence-corrected chi connectivity index (χ2v) is 9.74. The summed E-state index contributed by atoms with van der Waals surface area (Å²) in [6.45, 7) is 3.38. The Hall–Kier alpha value is -2.65. The number of piperidine rings is 1. The van der Waals surface area contributed by atoms with Gasteiger partial charge in [0, 0.05) is 26.3 Å². The van der Waals surface area contributed by atoms with Crippen molar-refractivity contribution in [3.63, 3.8) is 0 Å². The van der Waals surface area contributed by atoms with Gasteiger partial charge in [-0.2, -0.15) is 10.4 Å². The maximum atomic E-state index is 12.8. The molecule has 3 fully saturated rings. The number of aromatic nitrogens is 2. The normalized spacial score (nSPS) is 25.6. The molecule has 0 radical (unpaired) electrons. The van der Waals surface area contributed by atoms with Gasteiger partial charge in [0.1, 0.15) is 5.69 Å². The summed E-state index contributed by atoms with van der Waals surface area (Å²) in [6.07, 6.45) is 7.24. The summed E-state index contributed by atoms with van der Waals surface area (Å²) < 4.78 is 1.62. The number of benzene rings is 1. The second-order valence-electron chi connectivity index (χ2n) is 9.74. The van der Waals surface area contributed by atoms with Gasteiger partial charge in [0.05, 0.1) is 18.0 Å². The van der Waals surface area contributed by atoms with Crippen LogP contribution < -0.4 is 0 Å². The summed E-state index contributed by atoms with van der Waals surface area (Å²) in [5, 5.41) is 13.6. The number of aryl methyl sites for hydroxylation is 1. The molecule has 3 aliphatic rings. The minimum absolute atomic E-state index is 0.0177. The van der Waals surface area contributed by atoms with Crippen LogP contribution in [0.5, 0.6) is 0 Å². The zero-order valence-corrected chi connectivity index (χ0v) is 18.3. The van der Waals surface area contributed by atoms with Crippen molar-refractivity contribution < 1.29 is 4.79 Å². The number of nitrogens with zero attached hydrogens (tertiary/aromatic N) is 5. The summed E-state index contributed by atoms with van der Waals surface area (Å²) in [7, 11) is 1.79. The van der Waals surface area contributed by atoms with Crippen LogP contribution in [-0.4, -0.2) is 57.2 Å². The van der Waals surface area contributed by atoms with Gasteiger partial charge in [-0.25, -0.2) is 0 Å². The van der Waals surface area contributed by atoms with E-state index in [1.807, 2.05) is 4.90 Å². The van der Waals surface area contributed by atoms with Gasteiger partial charge in [-0.1, -0.05) is 30.3 Å². The van der Waals surface area contributed by atoms with Crippen LogP contribution in [0.4, 0.5) is 0 Å². The average molecular weight is 418 g/mol. The summed E-state index contributed by atoms with van der Waals surface area (Å²) >= 11 is 0. The Kier molecular flexibility index (Phi) is 5.31. The highest BCUT2D eigenvalue weighted by Crippen LogP contribution is 2.52. The molecule has 1 aromatic heterocycles. The third kappa shape index (κ3) is 3.87. The van der Waals surface area contributed by atoms with Gasteiger partial charge >= 0.3 is 0 Å². The predicted molar refractivity (Wildman–Crippen MR) is 118 cm³/mol. The largest absolute Gasteiger partial charge is 0.333 e. The van der Waals surface area contributed by atoms with Crippen molar-refractivity contribution in [2.45, 2.75) is 43.6 Å². The first-order valence-corrected chi connectivity index (χ1v) is 11.5. The molecule has 0 spiro atoms. The third-order valence-electron chi connectivity index (χ3n) is 7.78. The number of hydrogen-bond donors (Lipinski definition) is 0. The number of carbonyl (C=O) groups is 1. The SMILES string of the molecule is Cn1nccc1C(=O)N1CC(CC#N)(N2CCC(C[C@@H]3CC3c3ccccc3)CC2)C1. The number of carbonyl (C=O) groups excluding carboxylic acids is 1. The topological polar surface area (TPSA) is 65.2 Å². The van der Waals surface area contributed by atoms with Crippen molar-refractivity contribution in [3.05, 3.63) is 53.9 Å². The number of nitriles is 1. The number of hydrogen-bond acceptors (Lipinski definition) is 4. The third-order valence-corrected chi connectivity index (χ3v) is 7.78. The van der Waals surface area contributed by atoms with E-state index >= 15 is 0 Å². The zero-order valence-electron chi connectivity index (χ0n) is 18.3. The van der Waals surface area contributed by atoms with Crippen LogP contribution in [0.3, 0.4) is 0 Å². The van der Waals surface area contributed by atoms with Crippen molar-refractivity contribution >= 4 is 5.91 Å². The molecule has 0 bridgehead atoms. The Morgan fingerprint density at radius 2 is 1.94 bits per heavy atom. The van der Waals surface area contributed by atoms with Crippen molar-refractivity contribution in [2.24, 2.45) is 18.9 Å². The highest BCUT2D eigenvalue weighted by atomic mass is 16.2. The predicted octanol–water partition coefficient (Wildman–Crippen LogP) is 3.43. The van der Waals surface area contributed by atoms with Crippen LogP contribution in [-0.2, 0) is 7.05 Å². The highest BCUT2D eigenvalue weighted by Gasteiger charge is 2.50. The lowest BCUT2D eigenvalue weighted by Gasteiger charge is -2.56.